The monoisotopic (exact) mass is 596 g/mol. The number of halogens is 1. The van der Waals surface area contributed by atoms with Crippen LogP contribution in [0.5, 0.6) is 5.75 Å². The second kappa shape index (κ2) is 11.6. The number of hydrogen-bond acceptors (Lipinski definition) is 7. The number of ether oxygens (including phenoxy) is 1. The van der Waals surface area contributed by atoms with Gasteiger partial charge in [-0.05, 0) is 80.1 Å². The van der Waals surface area contributed by atoms with Crippen LogP contribution in [-0.2, 0) is 17.6 Å². The average molecular weight is 598 g/mol. The van der Waals surface area contributed by atoms with Crippen LogP contribution < -0.4 is 15.7 Å². The standard InChI is InChI=1S/C27H25BrN4O3S2/c1-2-35-20-12-10-19(11-13-20)32-26(34)24-21-8-3-4-9-22(21)37-25(24)30-27(32)36-16-23(33)31-29-15-17-6-5-7-18(28)14-17/h5-7,10-15H,2-4,8-9,16H2,1H3,(H,31,33). The second-order valence-corrected chi connectivity index (χ2v) is 11.4. The van der Waals surface area contributed by atoms with Gasteiger partial charge in [0.2, 0.25) is 0 Å². The molecular weight excluding hydrogens is 572 g/mol. The summed E-state index contributed by atoms with van der Waals surface area (Å²) in [5.41, 5.74) is 5.15. The normalized spacial score (nSPS) is 13.1. The first-order chi connectivity index (χ1) is 18.0. The Bertz CT molecular complexity index is 1530. The minimum Gasteiger partial charge on any atom is -0.494 e. The van der Waals surface area contributed by atoms with Crippen molar-refractivity contribution in [2.75, 3.05) is 12.4 Å². The molecule has 0 unspecified atom stereocenters. The minimum absolute atomic E-state index is 0.0654. The predicted molar refractivity (Wildman–Crippen MR) is 154 cm³/mol. The number of thiophene rings is 1. The van der Waals surface area contributed by atoms with E-state index in [1.54, 1.807) is 22.1 Å². The maximum absolute atomic E-state index is 13.9. The Morgan fingerprint density at radius 3 is 2.84 bits per heavy atom. The lowest BCUT2D eigenvalue weighted by Crippen LogP contribution is -2.24. The number of aromatic nitrogens is 2. The van der Waals surface area contributed by atoms with Crippen molar-refractivity contribution >= 4 is 61.4 Å². The van der Waals surface area contributed by atoms with Gasteiger partial charge in [0.1, 0.15) is 10.6 Å². The third-order valence-electron chi connectivity index (χ3n) is 5.95. The molecule has 1 N–H and O–H groups in total. The molecule has 0 saturated carbocycles. The quantitative estimate of drug-likeness (QED) is 0.121. The largest absolute Gasteiger partial charge is 0.494 e. The van der Waals surface area contributed by atoms with Crippen LogP contribution in [0.15, 0.2) is 68.1 Å². The molecule has 190 valence electrons. The highest BCUT2D eigenvalue weighted by Gasteiger charge is 2.23. The number of carbonyl (C=O) groups excluding carboxylic acids is 1. The Morgan fingerprint density at radius 1 is 1.24 bits per heavy atom. The number of fused-ring (bicyclic) bond motifs is 3. The molecule has 5 rings (SSSR count). The van der Waals surface area contributed by atoms with Crippen molar-refractivity contribution in [2.24, 2.45) is 5.10 Å². The molecule has 2 aromatic heterocycles. The van der Waals surface area contributed by atoms with E-state index in [9.17, 15) is 9.59 Å². The van der Waals surface area contributed by atoms with Crippen molar-refractivity contribution in [3.63, 3.8) is 0 Å². The number of thioether (sulfide) groups is 1. The molecule has 4 aromatic rings. The number of aryl methyl sites for hydroxylation is 2. The van der Waals surface area contributed by atoms with Crippen molar-refractivity contribution in [2.45, 2.75) is 37.8 Å². The third-order valence-corrected chi connectivity index (χ3v) is 8.57. The molecule has 37 heavy (non-hydrogen) atoms. The van der Waals surface area contributed by atoms with E-state index >= 15 is 0 Å². The van der Waals surface area contributed by atoms with Gasteiger partial charge in [0, 0.05) is 9.35 Å². The smallest absolute Gasteiger partial charge is 0.267 e. The van der Waals surface area contributed by atoms with Gasteiger partial charge in [0.05, 0.1) is 29.6 Å². The first-order valence-corrected chi connectivity index (χ1v) is 14.6. The van der Waals surface area contributed by atoms with Crippen molar-refractivity contribution in [1.82, 2.24) is 15.0 Å². The van der Waals surface area contributed by atoms with E-state index in [2.05, 4.69) is 26.5 Å². The van der Waals surface area contributed by atoms with E-state index in [-0.39, 0.29) is 17.2 Å². The summed E-state index contributed by atoms with van der Waals surface area (Å²) in [6, 6.07) is 15.0. The number of nitrogens with one attached hydrogen (secondary N) is 1. The zero-order valence-corrected chi connectivity index (χ0v) is 23.4. The van der Waals surface area contributed by atoms with E-state index in [4.69, 9.17) is 9.72 Å². The highest BCUT2D eigenvalue weighted by Crippen LogP contribution is 2.35. The zero-order chi connectivity index (χ0) is 25.8. The van der Waals surface area contributed by atoms with Gasteiger partial charge < -0.3 is 4.74 Å². The molecule has 7 nitrogen and oxygen atoms in total. The molecule has 0 spiro atoms. The molecule has 0 saturated heterocycles. The van der Waals surface area contributed by atoms with E-state index in [1.807, 2.05) is 55.5 Å². The number of carbonyl (C=O) groups is 1. The van der Waals surface area contributed by atoms with E-state index in [0.717, 1.165) is 51.9 Å². The molecule has 0 fully saturated rings. The Kier molecular flexibility index (Phi) is 8.07. The molecule has 0 radical (unpaired) electrons. The maximum Gasteiger partial charge on any atom is 0.267 e. The molecular formula is C27H25BrN4O3S2. The van der Waals surface area contributed by atoms with Crippen LogP contribution in [0.1, 0.15) is 35.8 Å². The van der Waals surface area contributed by atoms with Crippen LogP contribution in [0.2, 0.25) is 0 Å². The molecule has 2 heterocycles. The van der Waals surface area contributed by atoms with Gasteiger partial charge in [-0.15, -0.1) is 11.3 Å². The second-order valence-electron chi connectivity index (χ2n) is 8.49. The van der Waals surface area contributed by atoms with E-state index in [0.29, 0.717) is 22.8 Å². The van der Waals surface area contributed by atoms with Crippen LogP contribution >= 0.6 is 39.0 Å². The van der Waals surface area contributed by atoms with Crippen molar-refractivity contribution in [3.8, 4) is 11.4 Å². The lowest BCUT2D eigenvalue weighted by molar-refractivity contribution is -0.118. The highest BCUT2D eigenvalue weighted by molar-refractivity contribution is 9.10. The third kappa shape index (κ3) is 5.81. The van der Waals surface area contributed by atoms with E-state index < -0.39 is 0 Å². The zero-order valence-electron chi connectivity index (χ0n) is 20.2. The molecule has 1 amide bonds. The first-order valence-electron chi connectivity index (χ1n) is 12.0. The van der Waals surface area contributed by atoms with Crippen LogP contribution in [0, 0.1) is 0 Å². The summed E-state index contributed by atoms with van der Waals surface area (Å²) in [6.07, 6.45) is 5.69. The lowest BCUT2D eigenvalue weighted by atomic mass is 9.97. The molecule has 0 aliphatic heterocycles. The Balaban J connectivity index is 1.43. The van der Waals surface area contributed by atoms with Crippen LogP contribution in [0.4, 0.5) is 0 Å². The fourth-order valence-corrected chi connectivity index (χ4v) is 6.82. The number of benzene rings is 2. The van der Waals surface area contributed by atoms with Gasteiger partial charge in [-0.25, -0.2) is 10.4 Å². The van der Waals surface area contributed by atoms with Gasteiger partial charge in [-0.3, -0.25) is 14.2 Å². The summed E-state index contributed by atoms with van der Waals surface area (Å²) in [7, 11) is 0. The van der Waals surface area contributed by atoms with Crippen LogP contribution in [0.3, 0.4) is 0 Å². The van der Waals surface area contributed by atoms with Crippen molar-refractivity contribution in [3.05, 3.63) is 79.4 Å². The number of rotatable bonds is 8. The molecule has 1 aliphatic carbocycles. The summed E-state index contributed by atoms with van der Waals surface area (Å²) in [4.78, 5) is 33.3. The molecule has 1 aliphatic rings. The highest BCUT2D eigenvalue weighted by atomic mass is 79.9. The molecule has 10 heteroatoms. The van der Waals surface area contributed by atoms with Gasteiger partial charge in [-0.2, -0.15) is 5.10 Å². The topological polar surface area (TPSA) is 85.6 Å². The summed E-state index contributed by atoms with van der Waals surface area (Å²) in [5.74, 6) is 0.517. The fraction of sp³-hybridized carbons (Fsp3) is 0.259. The fourth-order valence-electron chi connectivity index (χ4n) is 4.30. The van der Waals surface area contributed by atoms with Gasteiger partial charge in [0.15, 0.2) is 5.16 Å². The summed E-state index contributed by atoms with van der Waals surface area (Å²) >= 11 is 6.24. The number of nitrogens with zero attached hydrogens (tertiary/aromatic N) is 3. The average Bonchev–Trinajstić information content (AvgIpc) is 3.27. The number of hydrogen-bond donors (Lipinski definition) is 1. The summed E-state index contributed by atoms with van der Waals surface area (Å²) in [6.45, 7) is 2.49. The molecule has 0 atom stereocenters. The summed E-state index contributed by atoms with van der Waals surface area (Å²) < 4.78 is 8.12. The SMILES string of the molecule is CCOc1ccc(-n2c(SCC(=O)NN=Cc3cccc(Br)c3)nc3sc4c(c3c2=O)CCCC4)cc1. The van der Waals surface area contributed by atoms with Crippen LogP contribution in [-0.4, -0.2) is 34.0 Å². The molecule has 0 bridgehead atoms. The Labute approximate surface area is 231 Å². The minimum atomic E-state index is -0.283. The van der Waals surface area contributed by atoms with Gasteiger partial charge >= 0.3 is 0 Å². The number of amides is 1. The predicted octanol–water partition coefficient (Wildman–Crippen LogP) is 5.73. The van der Waals surface area contributed by atoms with Gasteiger partial charge in [-0.1, -0.05) is 39.8 Å². The molecule has 2 aromatic carbocycles. The van der Waals surface area contributed by atoms with E-state index in [1.165, 1.54) is 16.6 Å². The van der Waals surface area contributed by atoms with Crippen molar-refractivity contribution < 1.29 is 9.53 Å². The lowest BCUT2D eigenvalue weighted by Gasteiger charge is -2.14. The Hall–Kier alpha value is -2.95. The van der Waals surface area contributed by atoms with Gasteiger partial charge in [0.25, 0.3) is 11.5 Å². The maximum atomic E-state index is 13.9. The summed E-state index contributed by atoms with van der Waals surface area (Å²) in [5, 5.41) is 5.24. The number of hydrazone groups is 1. The van der Waals surface area contributed by atoms with Crippen molar-refractivity contribution in [1.29, 1.82) is 0 Å². The Morgan fingerprint density at radius 2 is 2.05 bits per heavy atom. The first kappa shape index (κ1) is 25.7. The van der Waals surface area contributed by atoms with Crippen LogP contribution in [0.25, 0.3) is 15.9 Å².